The van der Waals surface area contributed by atoms with E-state index in [-0.39, 0.29) is 23.5 Å². The molecular weight excluding hydrogens is 621 g/mol. The van der Waals surface area contributed by atoms with Crippen molar-refractivity contribution in [2.45, 2.75) is 104 Å². The lowest BCUT2D eigenvalue weighted by molar-refractivity contribution is -0.142. The third kappa shape index (κ3) is 11.4. The van der Waals surface area contributed by atoms with Gasteiger partial charge in [-0.3, -0.25) is 19.2 Å². The predicted molar refractivity (Wildman–Crippen MR) is 170 cm³/mol. The molecule has 1 rings (SSSR count). The number of alkyl halides is 3. The van der Waals surface area contributed by atoms with Crippen LogP contribution >= 0.6 is 0 Å². The van der Waals surface area contributed by atoms with Gasteiger partial charge in [0.2, 0.25) is 17.7 Å². The lowest BCUT2D eigenvalue weighted by Gasteiger charge is -2.40. The van der Waals surface area contributed by atoms with Crippen molar-refractivity contribution >= 4 is 29.7 Å². The van der Waals surface area contributed by atoms with Gasteiger partial charge < -0.3 is 31.1 Å². The molecule has 0 fully saturated rings. The van der Waals surface area contributed by atoms with E-state index in [1.807, 2.05) is 13.8 Å². The quantitative estimate of drug-likeness (QED) is 0.175. The Morgan fingerprint density at radius 2 is 1.49 bits per heavy atom. The highest BCUT2D eigenvalue weighted by Crippen LogP contribution is 2.34. The largest absolute Gasteiger partial charge is 0.481 e. The van der Waals surface area contributed by atoms with Crippen LogP contribution in [0.4, 0.5) is 13.2 Å². The maximum Gasteiger partial charge on any atom is 0.416 e. The number of aliphatic carboxylic acids is 2. The average molecular weight is 671 g/mol. The number of hydrogen-bond acceptors (Lipinski definition) is 6. The van der Waals surface area contributed by atoms with Crippen LogP contribution in [-0.4, -0.2) is 83.0 Å². The topological polar surface area (TPSA) is 165 Å². The molecule has 0 aliphatic heterocycles. The van der Waals surface area contributed by atoms with Crippen LogP contribution in [0, 0.1) is 11.3 Å². The summed E-state index contributed by atoms with van der Waals surface area (Å²) in [5, 5.41) is 26.3. The molecular formula is C33H49F3N4O7. The molecule has 11 nitrogen and oxygen atoms in total. The van der Waals surface area contributed by atoms with E-state index in [0.717, 1.165) is 12.1 Å². The molecule has 0 spiro atoms. The summed E-state index contributed by atoms with van der Waals surface area (Å²) in [6.07, 6.45) is -3.85. The summed E-state index contributed by atoms with van der Waals surface area (Å²) in [5.41, 5.74) is -2.44. The van der Waals surface area contributed by atoms with E-state index < -0.39 is 82.8 Å². The van der Waals surface area contributed by atoms with E-state index in [2.05, 4.69) is 16.0 Å². The number of carboxylic acid groups (broad SMARTS) is 2. The van der Waals surface area contributed by atoms with E-state index >= 15 is 0 Å². The SMILES string of the molecule is CNC(C(=O)N[C@H](C(=O)N(C)[C@H](/C=C(\C)C(=O)N[C@H](CCC(=O)O)C(=O)O)C(C)C)C(C)(C)C)C(C)(C)c1cccc(C(F)(F)F)c1. The standard InChI is InChI=1S/C33H49F3N4O7/c1-18(2)23(16-19(3)27(43)38-22(30(46)47)14-15-24(41)42)40(10)29(45)26(31(4,5)6)39-28(44)25(37-9)32(7,8)20-12-11-13-21(17-20)33(34,35)36/h11-13,16-18,22-23,25-26,37H,14-15H2,1-10H3,(H,38,43)(H,39,44)(H,41,42)(H,46,47)/b19-16+/t22-,23-,25?,26-/m1/s1. The second kappa shape index (κ2) is 16.2. The van der Waals surface area contributed by atoms with E-state index in [9.17, 15) is 42.3 Å². The van der Waals surface area contributed by atoms with Gasteiger partial charge in [0.25, 0.3) is 0 Å². The van der Waals surface area contributed by atoms with Crippen molar-refractivity contribution in [3.63, 3.8) is 0 Å². The smallest absolute Gasteiger partial charge is 0.416 e. The molecule has 264 valence electrons. The minimum absolute atomic E-state index is 0.0966. The Balaban J connectivity index is 3.36. The monoisotopic (exact) mass is 670 g/mol. The first-order valence-corrected chi connectivity index (χ1v) is 15.2. The lowest BCUT2D eigenvalue weighted by atomic mass is 9.76. The van der Waals surface area contributed by atoms with Gasteiger partial charge in [-0.1, -0.05) is 72.7 Å². The number of likely N-dealkylation sites (N-methyl/N-ethyl adjacent to an activating group) is 2. The lowest BCUT2D eigenvalue weighted by Crippen LogP contribution is -2.61. The number of amides is 3. The Labute approximate surface area is 274 Å². The molecule has 47 heavy (non-hydrogen) atoms. The zero-order chi connectivity index (χ0) is 36.7. The molecule has 0 aromatic heterocycles. The first kappa shape index (κ1) is 41.1. The normalized spacial score (nSPS) is 15.3. The van der Waals surface area contributed by atoms with Gasteiger partial charge in [0.15, 0.2) is 0 Å². The van der Waals surface area contributed by atoms with Crippen molar-refractivity contribution in [3.8, 4) is 0 Å². The number of halogens is 3. The highest BCUT2D eigenvalue weighted by Gasteiger charge is 2.42. The molecule has 0 aliphatic carbocycles. The number of carbonyl (C=O) groups excluding carboxylic acids is 3. The van der Waals surface area contributed by atoms with Crippen LogP contribution in [-0.2, 0) is 35.6 Å². The number of carbonyl (C=O) groups is 5. The van der Waals surface area contributed by atoms with Crippen molar-refractivity contribution in [3.05, 3.63) is 47.0 Å². The van der Waals surface area contributed by atoms with E-state index in [1.54, 1.807) is 34.6 Å². The maximum absolute atomic E-state index is 14.0. The van der Waals surface area contributed by atoms with Crippen LogP contribution in [0.3, 0.4) is 0 Å². The molecule has 0 heterocycles. The molecule has 0 bridgehead atoms. The average Bonchev–Trinajstić information content (AvgIpc) is 2.94. The summed E-state index contributed by atoms with van der Waals surface area (Å²) in [7, 11) is 3.01. The highest BCUT2D eigenvalue weighted by atomic mass is 19.4. The number of carboxylic acids is 2. The molecule has 0 saturated heterocycles. The fourth-order valence-corrected chi connectivity index (χ4v) is 5.19. The molecule has 0 aliphatic rings. The second-order valence-electron chi connectivity index (χ2n) is 13.7. The van der Waals surface area contributed by atoms with Crippen molar-refractivity contribution in [2.24, 2.45) is 11.3 Å². The van der Waals surface area contributed by atoms with Crippen LogP contribution in [0.15, 0.2) is 35.9 Å². The molecule has 14 heteroatoms. The Hall–Kier alpha value is -3.94. The summed E-state index contributed by atoms with van der Waals surface area (Å²) in [6.45, 7) is 13.6. The molecule has 5 N–H and O–H groups in total. The fraction of sp³-hybridized carbons (Fsp3) is 0.606. The minimum Gasteiger partial charge on any atom is -0.481 e. The van der Waals surface area contributed by atoms with Gasteiger partial charge in [0.05, 0.1) is 17.6 Å². The van der Waals surface area contributed by atoms with Crippen molar-refractivity contribution in [2.75, 3.05) is 14.1 Å². The van der Waals surface area contributed by atoms with Gasteiger partial charge in [0, 0.05) is 24.5 Å². The summed E-state index contributed by atoms with van der Waals surface area (Å²) in [4.78, 5) is 64.5. The molecule has 4 atom stereocenters. The summed E-state index contributed by atoms with van der Waals surface area (Å²) in [6, 6.07) is 0.497. The van der Waals surface area contributed by atoms with Crippen LogP contribution in [0.25, 0.3) is 0 Å². The van der Waals surface area contributed by atoms with E-state index in [0.29, 0.717) is 0 Å². The second-order valence-corrected chi connectivity index (χ2v) is 13.7. The summed E-state index contributed by atoms with van der Waals surface area (Å²) < 4.78 is 40.3. The molecule has 0 radical (unpaired) electrons. The van der Waals surface area contributed by atoms with Gasteiger partial charge in [-0.05, 0) is 43.4 Å². The molecule has 1 aromatic carbocycles. The van der Waals surface area contributed by atoms with Crippen LogP contribution < -0.4 is 16.0 Å². The Morgan fingerprint density at radius 3 is 1.94 bits per heavy atom. The molecule has 1 unspecified atom stereocenters. The zero-order valence-electron chi connectivity index (χ0n) is 28.7. The molecule has 3 amide bonds. The third-order valence-electron chi connectivity index (χ3n) is 8.11. The van der Waals surface area contributed by atoms with Gasteiger partial charge in [-0.15, -0.1) is 0 Å². The third-order valence-corrected chi connectivity index (χ3v) is 8.11. The molecule has 1 aromatic rings. The number of hydrogen-bond donors (Lipinski definition) is 5. The Morgan fingerprint density at radius 1 is 0.936 bits per heavy atom. The first-order chi connectivity index (χ1) is 21.4. The van der Waals surface area contributed by atoms with Crippen molar-refractivity contribution < 1.29 is 47.4 Å². The van der Waals surface area contributed by atoms with Crippen LogP contribution in [0.1, 0.15) is 79.4 Å². The Bertz CT molecular complexity index is 1340. The minimum atomic E-state index is -4.57. The number of rotatable bonds is 15. The van der Waals surface area contributed by atoms with Crippen molar-refractivity contribution in [1.82, 2.24) is 20.9 Å². The molecule has 0 saturated carbocycles. The van der Waals surface area contributed by atoms with E-state index in [1.165, 1.54) is 44.1 Å². The fourth-order valence-electron chi connectivity index (χ4n) is 5.19. The van der Waals surface area contributed by atoms with Crippen LogP contribution in [0.5, 0.6) is 0 Å². The summed E-state index contributed by atoms with van der Waals surface area (Å²) >= 11 is 0. The van der Waals surface area contributed by atoms with Crippen LogP contribution in [0.2, 0.25) is 0 Å². The number of benzene rings is 1. The maximum atomic E-state index is 14.0. The predicted octanol–water partition coefficient (Wildman–Crippen LogP) is 3.97. The highest BCUT2D eigenvalue weighted by molar-refractivity contribution is 5.96. The first-order valence-electron chi connectivity index (χ1n) is 15.2. The van der Waals surface area contributed by atoms with Crippen molar-refractivity contribution in [1.29, 1.82) is 0 Å². The zero-order valence-corrected chi connectivity index (χ0v) is 28.7. The van der Waals surface area contributed by atoms with Gasteiger partial charge >= 0.3 is 18.1 Å². The summed E-state index contributed by atoms with van der Waals surface area (Å²) in [5.74, 6) is -4.69. The van der Waals surface area contributed by atoms with E-state index in [4.69, 9.17) is 5.11 Å². The van der Waals surface area contributed by atoms with Gasteiger partial charge in [-0.25, -0.2) is 4.79 Å². The van der Waals surface area contributed by atoms with Gasteiger partial charge in [0.1, 0.15) is 12.1 Å². The Kier molecular flexibility index (Phi) is 14.2. The number of nitrogens with zero attached hydrogens (tertiary/aromatic N) is 1. The number of nitrogens with one attached hydrogen (secondary N) is 3. The van der Waals surface area contributed by atoms with Gasteiger partial charge in [-0.2, -0.15) is 13.2 Å².